The van der Waals surface area contributed by atoms with Gasteiger partial charge in [-0.25, -0.2) is 0 Å². The van der Waals surface area contributed by atoms with Crippen molar-refractivity contribution < 1.29 is 9.84 Å². The molecule has 0 aliphatic heterocycles. The van der Waals surface area contributed by atoms with Crippen LogP contribution in [0.15, 0.2) is 18.2 Å². The van der Waals surface area contributed by atoms with Gasteiger partial charge in [-0.05, 0) is 13.0 Å². The topological polar surface area (TPSA) is 45.6 Å². The summed E-state index contributed by atoms with van der Waals surface area (Å²) in [6.07, 6.45) is 0. The zero-order valence-electron chi connectivity index (χ0n) is 8.60. The van der Waals surface area contributed by atoms with E-state index in [0.717, 1.165) is 5.82 Å². The van der Waals surface area contributed by atoms with Crippen LogP contribution in [0.5, 0.6) is 5.88 Å². The number of hydrogen-bond acceptors (Lipinski definition) is 4. The molecule has 1 aromatic rings. The van der Waals surface area contributed by atoms with Crippen molar-refractivity contribution >= 4 is 5.82 Å². The van der Waals surface area contributed by atoms with Crippen LogP contribution in [0.4, 0.5) is 5.82 Å². The number of aliphatic hydroxyl groups is 1. The van der Waals surface area contributed by atoms with Crippen molar-refractivity contribution in [3.05, 3.63) is 18.2 Å². The molecule has 0 fully saturated rings. The van der Waals surface area contributed by atoms with Gasteiger partial charge < -0.3 is 14.7 Å². The van der Waals surface area contributed by atoms with Crippen molar-refractivity contribution in [2.75, 3.05) is 31.7 Å². The van der Waals surface area contributed by atoms with E-state index >= 15 is 0 Å². The molecule has 0 aliphatic rings. The summed E-state index contributed by atoms with van der Waals surface area (Å²) in [6, 6.07) is 5.60. The number of rotatable bonds is 5. The first-order valence-corrected chi connectivity index (χ1v) is 4.69. The maximum Gasteiger partial charge on any atom is 0.215 e. The average molecular weight is 196 g/mol. The minimum absolute atomic E-state index is 0.122. The predicted molar refractivity (Wildman–Crippen MR) is 55.8 cm³/mol. The van der Waals surface area contributed by atoms with Gasteiger partial charge in [0.2, 0.25) is 5.88 Å². The molecule has 1 heterocycles. The van der Waals surface area contributed by atoms with Crippen LogP contribution in [0.25, 0.3) is 0 Å². The number of nitrogens with zero attached hydrogens (tertiary/aromatic N) is 2. The summed E-state index contributed by atoms with van der Waals surface area (Å²) >= 11 is 0. The van der Waals surface area contributed by atoms with Gasteiger partial charge in [-0.3, -0.25) is 0 Å². The maximum atomic E-state index is 8.77. The van der Waals surface area contributed by atoms with E-state index in [-0.39, 0.29) is 6.61 Å². The summed E-state index contributed by atoms with van der Waals surface area (Å²) < 4.78 is 5.27. The summed E-state index contributed by atoms with van der Waals surface area (Å²) in [4.78, 5) is 6.15. The smallest absolute Gasteiger partial charge is 0.215 e. The number of hydrogen-bond donors (Lipinski definition) is 1. The van der Waals surface area contributed by atoms with Crippen LogP contribution < -0.4 is 9.64 Å². The molecule has 1 rings (SSSR count). The van der Waals surface area contributed by atoms with E-state index in [4.69, 9.17) is 9.84 Å². The second-order valence-electron chi connectivity index (χ2n) is 2.91. The Morgan fingerprint density at radius 2 is 2.29 bits per heavy atom. The highest BCUT2D eigenvalue weighted by atomic mass is 16.5. The van der Waals surface area contributed by atoms with E-state index in [1.165, 1.54) is 0 Å². The number of pyridine rings is 1. The van der Waals surface area contributed by atoms with Crippen LogP contribution in [0.1, 0.15) is 6.92 Å². The molecule has 1 N–H and O–H groups in total. The van der Waals surface area contributed by atoms with Crippen LogP contribution in [0, 0.1) is 0 Å². The minimum atomic E-state index is 0.122. The Kier molecular flexibility index (Phi) is 4.19. The first kappa shape index (κ1) is 10.8. The van der Waals surface area contributed by atoms with E-state index in [2.05, 4.69) is 4.98 Å². The SMILES string of the molecule is CCOc1cccc(N(C)CCO)n1. The highest BCUT2D eigenvalue weighted by Gasteiger charge is 2.02. The second-order valence-corrected chi connectivity index (χ2v) is 2.91. The molecule has 0 spiro atoms. The van der Waals surface area contributed by atoms with Crippen LogP contribution in [0.3, 0.4) is 0 Å². The third-order valence-electron chi connectivity index (χ3n) is 1.83. The van der Waals surface area contributed by atoms with E-state index in [1.54, 1.807) is 0 Å². The van der Waals surface area contributed by atoms with Crippen molar-refractivity contribution in [3.8, 4) is 5.88 Å². The Morgan fingerprint density at radius 3 is 2.93 bits per heavy atom. The highest BCUT2D eigenvalue weighted by molar-refractivity contribution is 5.39. The third-order valence-corrected chi connectivity index (χ3v) is 1.83. The van der Waals surface area contributed by atoms with Crippen molar-refractivity contribution in [3.63, 3.8) is 0 Å². The minimum Gasteiger partial charge on any atom is -0.478 e. The fourth-order valence-corrected chi connectivity index (χ4v) is 1.11. The maximum absolute atomic E-state index is 8.77. The van der Waals surface area contributed by atoms with Gasteiger partial charge in [0.25, 0.3) is 0 Å². The molecule has 0 aromatic carbocycles. The molecule has 0 bridgehead atoms. The second kappa shape index (κ2) is 5.44. The lowest BCUT2D eigenvalue weighted by atomic mass is 10.4. The van der Waals surface area contributed by atoms with Gasteiger partial charge in [0, 0.05) is 19.7 Å². The molecule has 14 heavy (non-hydrogen) atoms. The Balaban J connectivity index is 2.71. The zero-order valence-corrected chi connectivity index (χ0v) is 8.60. The lowest BCUT2D eigenvalue weighted by Crippen LogP contribution is -2.22. The monoisotopic (exact) mass is 196 g/mol. The number of likely N-dealkylation sites (N-methyl/N-ethyl adjacent to an activating group) is 1. The summed E-state index contributed by atoms with van der Waals surface area (Å²) in [7, 11) is 1.88. The number of aliphatic hydroxyl groups excluding tert-OH is 1. The molecule has 0 saturated carbocycles. The van der Waals surface area contributed by atoms with Gasteiger partial charge in [-0.2, -0.15) is 4.98 Å². The van der Waals surface area contributed by atoms with Crippen molar-refractivity contribution in [1.29, 1.82) is 0 Å². The zero-order chi connectivity index (χ0) is 10.4. The third kappa shape index (κ3) is 2.88. The van der Waals surface area contributed by atoms with Crippen molar-refractivity contribution in [1.82, 2.24) is 4.98 Å². The van der Waals surface area contributed by atoms with Gasteiger partial charge in [0.05, 0.1) is 13.2 Å². The molecule has 0 unspecified atom stereocenters. The summed E-state index contributed by atoms with van der Waals surface area (Å²) in [5.41, 5.74) is 0. The Bertz CT molecular complexity index is 279. The lowest BCUT2D eigenvalue weighted by molar-refractivity contribution is 0.303. The summed E-state index contributed by atoms with van der Waals surface area (Å²) in [6.45, 7) is 3.23. The van der Waals surface area contributed by atoms with Crippen LogP contribution >= 0.6 is 0 Å². The van der Waals surface area contributed by atoms with E-state index in [1.807, 2.05) is 37.1 Å². The van der Waals surface area contributed by atoms with Crippen LogP contribution in [-0.4, -0.2) is 36.9 Å². The van der Waals surface area contributed by atoms with E-state index < -0.39 is 0 Å². The van der Waals surface area contributed by atoms with E-state index in [0.29, 0.717) is 19.0 Å². The molecule has 78 valence electrons. The number of anilines is 1. The molecule has 0 saturated heterocycles. The molecule has 0 aliphatic carbocycles. The Morgan fingerprint density at radius 1 is 1.50 bits per heavy atom. The summed E-state index contributed by atoms with van der Waals surface area (Å²) in [5, 5.41) is 8.77. The first-order chi connectivity index (χ1) is 6.77. The fourth-order valence-electron chi connectivity index (χ4n) is 1.11. The largest absolute Gasteiger partial charge is 0.478 e. The normalized spacial score (nSPS) is 9.93. The lowest BCUT2D eigenvalue weighted by Gasteiger charge is -2.16. The molecular weight excluding hydrogens is 180 g/mol. The summed E-state index contributed by atoms with van der Waals surface area (Å²) in [5.74, 6) is 1.43. The van der Waals surface area contributed by atoms with Gasteiger partial charge in [-0.1, -0.05) is 6.07 Å². The standard InChI is InChI=1S/C10H16N2O2/c1-3-14-10-6-4-5-9(11-10)12(2)7-8-13/h4-6,13H,3,7-8H2,1-2H3. The molecule has 4 heteroatoms. The molecule has 0 amide bonds. The molecule has 1 aromatic heterocycles. The van der Waals surface area contributed by atoms with Crippen molar-refractivity contribution in [2.45, 2.75) is 6.92 Å². The van der Waals surface area contributed by atoms with Crippen LogP contribution in [0.2, 0.25) is 0 Å². The van der Waals surface area contributed by atoms with Crippen molar-refractivity contribution in [2.24, 2.45) is 0 Å². The van der Waals surface area contributed by atoms with Crippen LogP contribution in [-0.2, 0) is 0 Å². The fraction of sp³-hybridized carbons (Fsp3) is 0.500. The molecule has 0 atom stereocenters. The van der Waals surface area contributed by atoms with Gasteiger partial charge in [0.1, 0.15) is 5.82 Å². The van der Waals surface area contributed by atoms with Gasteiger partial charge in [-0.15, -0.1) is 0 Å². The Labute approximate surface area is 84.1 Å². The highest BCUT2D eigenvalue weighted by Crippen LogP contribution is 2.13. The first-order valence-electron chi connectivity index (χ1n) is 4.69. The quantitative estimate of drug-likeness (QED) is 0.760. The Hall–Kier alpha value is -1.29. The molecule has 4 nitrogen and oxygen atoms in total. The van der Waals surface area contributed by atoms with Gasteiger partial charge in [0.15, 0.2) is 0 Å². The number of aromatic nitrogens is 1. The average Bonchev–Trinajstić information content (AvgIpc) is 2.19. The molecular formula is C10H16N2O2. The van der Waals surface area contributed by atoms with E-state index in [9.17, 15) is 0 Å². The number of ether oxygens (including phenoxy) is 1. The van der Waals surface area contributed by atoms with Gasteiger partial charge >= 0.3 is 0 Å². The molecule has 0 radical (unpaired) electrons. The predicted octanol–water partition coefficient (Wildman–Crippen LogP) is 0.909.